The Balaban J connectivity index is 1.88. The molecule has 2 aromatic heterocycles. The molecule has 0 unspecified atom stereocenters. The molecule has 0 bridgehead atoms. The molecule has 23 heavy (non-hydrogen) atoms. The van der Waals surface area contributed by atoms with Crippen LogP contribution in [0.5, 0.6) is 0 Å². The van der Waals surface area contributed by atoms with Gasteiger partial charge in [0.05, 0.1) is 28.8 Å². The second-order valence-corrected chi connectivity index (χ2v) is 8.19. The molecule has 0 spiro atoms. The molecule has 1 N–H and O–H groups in total. The summed E-state index contributed by atoms with van der Waals surface area (Å²) in [6.45, 7) is 7.97. The number of nitrogens with one attached hydrogen (secondary N) is 1. The van der Waals surface area contributed by atoms with Crippen LogP contribution in [-0.2, 0) is 19.5 Å². The van der Waals surface area contributed by atoms with Crippen molar-refractivity contribution < 1.29 is 0 Å². The molecular weight excluding hydrogens is 326 g/mol. The van der Waals surface area contributed by atoms with Crippen molar-refractivity contribution in [2.75, 3.05) is 14.1 Å². The second-order valence-electron chi connectivity index (χ2n) is 5.93. The lowest BCUT2D eigenvalue weighted by Gasteiger charge is -2.20. The highest BCUT2D eigenvalue weighted by atomic mass is 32.1. The van der Waals surface area contributed by atoms with Gasteiger partial charge in [0.25, 0.3) is 0 Å². The fourth-order valence-electron chi connectivity index (χ4n) is 2.22. The highest BCUT2D eigenvalue weighted by Gasteiger charge is 2.10. The predicted molar refractivity (Wildman–Crippen MR) is 99.2 cm³/mol. The van der Waals surface area contributed by atoms with Gasteiger partial charge in [0.15, 0.2) is 5.96 Å². The summed E-state index contributed by atoms with van der Waals surface area (Å²) >= 11 is 3.45. The summed E-state index contributed by atoms with van der Waals surface area (Å²) in [5.74, 6) is 1.51. The monoisotopic (exact) mass is 351 g/mol. The lowest BCUT2D eigenvalue weighted by molar-refractivity contribution is 0.471. The number of aliphatic imine (C=N–C) groups is 1. The van der Waals surface area contributed by atoms with Gasteiger partial charge in [-0.25, -0.2) is 9.97 Å². The van der Waals surface area contributed by atoms with Crippen LogP contribution < -0.4 is 5.32 Å². The molecular formula is C16H25N5S2. The molecule has 126 valence electrons. The molecule has 0 aliphatic heterocycles. The van der Waals surface area contributed by atoms with Crippen molar-refractivity contribution in [1.82, 2.24) is 20.2 Å². The van der Waals surface area contributed by atoms with Gasteiger partial charge in [0.1, 0.15) is 0 Å². The summed E-state index contributed by atoms with van der Waals surface area (Å²) in [6.07, 6.45) is 3.01. The van der Waals surface area contributed by atoms with E-state index in [9.17, 15) is 0 Å². The van der Waals surface area contributed by atoms with E-state index in [0.29, 0.717) is 5.92 Å². The Labute approximate surface area is 146 Å². The molecule has 7 heteroatoms. The number of nitrogens with zero attached hydrogens (tertiary/aromatic N) is 4. The summed E-state index contributed by atoms with van der Waals surface area (Å²) in [5, 5.41) is 7.80. The van der Waals surface area contributed by atoms with Crippen molar-refractivity contribution >= 4 is 28.6 Å². The van der Waals surface area contributed by atoms with Crippen LogP contribution in [0.15, 0.2) is 16.6 Å². The Hall–Kier alpha value is -1.47. The molecule has 0 aliphatic carbocycles. The van der Waals surface area contributed by atoms with Crippen molar-refractivity contribution in [2.24, 2.45) is 10.9 Å². The standard InChI is InChI=1S/C16H25N5S2/c1-11(2)6-15-18-7-14(23-15)8-19-16(17-4)21(5)9-13-10-22-12(3)20-13/h7,10-11H,6,8-9H2,1-5H3,(H,17,19). The first kappa shape index (κ1) is 17.9. The largest absolute Gasteiger partial charge is 0.351 e. The Kier molecular flexibility index (Phi) is 6.53. The maximum Gasteiger partial charge on any atom is 0.194 e. The van der Waals surface area contributed by atoms with Crippen molar-refractivity contribution in [3.05, 3.63) is 32.2 Å². The number of aromatic nitrogens is 2. The van der Waals surface area contributed by atoms with E-state index in [0.717, 1.165) is 36.2 Å². The molecule has 0 fully saturated rings. The van der Waals surface area contributed by atoms with Crippen molar-refractivity contribution in [3.8, 4) is 0 Å². The number of guanidine groups is 1. The third kappa shape index (κ3) is 5.58. The molecule has 0 atom stereocenters. The maximum atomic E-state index is 4.50. The zero-order chi connectivity index (χ0) is 16.8. The molecule has 0 aliphatic rings. The highest BCUT2D eigenvalue weighted by molar-refractivity contribution is 7.11. The average Bonchev–Trinajstić information content (AvgIpc) is 3.08. The first-order valence-electron chi connectivity index (χ1n) is 7.74. The number of rotatable bonds is 6. The summed E-state index contributed by atoms with van der Waals surface area (Å²) in [7, 11) is 3.84. The second kappa shape index (κ2) is 8.40. The number of hydrogen-bond acceptors (Lipinski definition) is 5. The Bertz CT molecular complexity index is 644. The SMILES string of the molecule is CN=C(NCc1cnc(CC(C)C)s1)N(C)Cc1csc(C)n1. The molecule has 0 saturated carbocycles. The van der Waals surface area contributed by atoms with Crippen LogP contribution in [0, 0.1) is 12.8 Å². The zero-order valence-corrected chi connectivity index (χ0v) is 16.1. The fraction of sp³-hybridized carbons (Fsp3) is 0.562. The van der Waals surface area contributed by atoms with E-state index in [1.165, 1.54) is 9.88 Å². The molecule has 0 amide bonds. The van der Waals surface area contributed by atoms with Crippen molar-refractivity contribution in [1.29, 1.82) is 0 Å². The quantitative estimate of drug-likeness (QED) is 0.641. The van der Waals surface area contributed by atoms with Gasteiger partial charge in [-0.3, -0.25) is 4.99 Å². The summed E-state index contributed by atoms with van der Waals surface area (Å²) in [5.41, 5.74) is 1.08. The summed E-state index contributed by atoms with van der Waals surface area (Å²) in [6, 6.07) is 0. The molecule has 0 aromatic carbocycles. The van der Waals surface area contributed by atoms with E-state index in [1.807, 2.05) is 27.2 Å². The van der Waals surface area contributed by atoms with Gasteiger partial charge in [-0.2, -0.15) is 0 Å². The first-order chi connectivity index (χ1) is 11.0. The normalized spacial score (nSPS) is 12.0. The van der Waals surface area contributed by atoms with E-state index < -0.39 is 0 Å². The first-order valence-corrected chi connectivity index (χ1v) is 9.44. The van der Waals surface area contributed by atoms with Crippen LogP contribution in [0.25, 0.3) is 0 Å². The molecule has 2 rings (SSSR count). The van der Waals surface area contributed by atoms with E-state index in [4.69, 9.17) is 0 Å². The van der Waals surface area contributed by atoms with Crippen molar-refractivity contribution in [2.45, 2.75) is 40.3 Å². The fourth-order valence-corrected chi connectivity index (χ4v) is 3.90. The minimum atomic E-state index is 0.641. The Morgan fingerprint density at radius 3 is 2.83 bits per heavy atom. The van der Waals surface area contributed by atoms with Gasteiger partial charge in [-0.1, -0.05) is 13.8 Å². The topological polar surface area (TPSA) is 53.4 Å². The third-order valence-corrected chi connectivity index (χ3v) is 5.09. The molecule has 2 heterocycles. The molecule has 5 nitrogen and oxygen atoms in total. The van der Waals surface area contributed by atoms with Crippen LogP contribution in [0.2, 0.25) is 0 Å². The van der Waals surface area contributed by atoms with Crippen LogP contribution in [-0.4, -0.2) is 34.9 Å². The smallest absolute Gasteiger partial charge is 0.194 e. The Morgan fingerprint density at radius 1 is 1.43 bits per heavy atom. The average molecular weight is 352 g/mol. The minimum absolute atomic E-state index is 0.641. The van der Waals surface area contributed by atoms with E-state index in [2.05, 4.69) is 44.4 Å². The van der Waals surface area contributed by atoms with Crippen LogP contribution in [0.4, 0.5) is 0 Å². The van der Waals surface area contributed by atoms with Crippen LogP contribution in [0.1, 0.15) is 34.4 Å². The van der Waals surface area contributed by atoms with Gasteiger partial charge >= 0.3 is 0 Å². The van der Waals surface area contributed by atoms with Crippen LogP contribution >= 0.6 is 22.7 Å². The van der Waals surface area contributed by atoms with Gasteiger partial charge in [-0.15, -0.1) is 22.7 Å². The van der Waals surface area contributed by atoms with E-state index in [1.54, 1.807) is 22.7 Å². The predicted octanol–water partition coefficient (Wildman–Crippen LogP) is 3.31. The van der Waals surface area contributed by atoms with Gasteiger partial charge in [0, 0.05) is 37.0 Å². The van der Waals surface area contributed by atoms with Crippen molar-refractivity contribution in [3.63, 3.8) is 0 Å². The number of aryl methyl sites for hydroxylation is 1. The van der Waals surface area contributed by atoms with Crippen LogP contribution in [0.3, 0.4) is 0 Å². The molecule has 0 saturated heterocycles. The van der Waals surface area contributed by atoms with Gasteiger partial charge < -0.3 is 10.2 Å². The van der Waals surface area contributed by atoms with Gasteiger partial charge in [-0.05, 0) is 12.8 Å². The Morgan fingerprint density at radius 2 is 2.22 bits per heavy atom. The third-order valence-electron chi connectivity index (χ3n) is 3.24. The zero-order valence-electron chi connectivity index (χ0n) is 14.5. The van der Waals surface area contributed by atoms with Gasteiger partial charge in [0.2, 0.25) is 0 Å². The lowest BCUT2D eigenvalue weighted by atomic mass is 10.1. The minimum Gasteiger partial charge on any atom is -0.351 e. The maximum absolute atomic E-state index is 4.50. The molecule has 0 radical (unpaired) electrons. The number of thiazole rings is 2. The summed E-state index contributed by atoms with van der Waals surface area (Å²) < 4.78 is 0. The van der Waals surface area contributed by atoms with E-state index >= 15 is 0 Å². The lowest BCUT2D eigenvalue weighted by Crippen LogP contribution is -2.37. The summed E-state index contributed by atoms with van der Waals surface area (Å²) in [4.78, 5) is 16.7. The number of hydrogen-bond donors (Lipinski definition) is 1. The van der Waals surface area contributed by atoms with E-state index in [-0.39, 0.29) is 0 Å². The molecule has 2 aromatic rings. The highest BCUT2D eigenvalue weighted by Crippen LogP contribution is 2.16.